The lowest BCUT2D eigenvalue weighted by Crippen LogP contribution is -2.06. The first-order valence-corrected chi connectivity index (χ1v) is 9.53. The number of nitrogens with one attached hydrogen (secondary N) is 2. The molecule has 0 spiro atoms. The second kappa shape index (κ2) is 10.1. The summed E-state index contributed by atoms with van der Waals surface area (Å²) >= 11 is 0. The molecule has 2 aromatic carbocycles. The van der Waals surface area contributed by atoms with Gasteiger partial charge in [-0.3, -0.25) is 60.7 Å². The Morgan fingerprint density at radius 1 is 0.500 bits per heavy atom. The van der Waals surface area contributed by atoms with Crippen LogP contribution in [-0.4, -0.2) is 34.5 Å². The van der Waals surface area contributed by atoms with E-state index < -0.39 is 75.0 Å². The number of nitro benzene ring substituents is 6. The predicted octanol–water partition coefficient (Wildman–Crippen LogP) is 4.02. The minimum Gasteiger partial charge on any atom is -0.329 e. The molecular formula is C17H9N9O12. The maximum atomic E-state index is 11.5. The topological polar surface area (TPSA) is 296 Å². The number of hydrogen-bond donors (Lipinski definition) is 2. The molecule has 1 aromatic heterocycles. The summed E-state index contributed by atoms with van der Waals surface area (Å²) in [4.78, 5) is 65.2. The van der Waals surface area contributed by atoms with Crippen molar-refractivity contribution in [2.45, 2.75) is 0 Å². The van der Waals surface area contributed by atoms with Crippen molar-refractivity contribution < 1.29 is 29.5 Å². The van der Waals surface area contributed by atoms with Crippen LogP contribution in [0.4, 0.5) is 57.1 Å². The minimum absolute atomic E-state index is 0.359. The van der Waals surface area contributed by atoms with Gasteiger partial charge in [-0.15, -0.1) is 0 Å². The molecule has 38 heavy (non-hydrogen) atoms. The minimum atomic E-state index is -1.12. The van der Waals surface area contributed by atoms with Gasteiger partial charge in [0.05, 0.1) is 53.8 Å². The molecule has 0 unspecified atom stereocenters. The van der Waals surface area contributed by atoms with Crippen molar-refractivity contribution in [3.05, 3.63) is 103 Å². The fourth-order valence-electron chi connectivity index (χ4n) is 3.07. The summed E-state index contributed by atoms with van der Waals surface area (Å²) in [6.45, 7) is 0. The highest BCUT2D eigenvalue weighted by molar-refractivity contribution is 5.82. The molecule has 0 bridgehead atoms. The zero-order valence-electron chi connectivity index (χ0n) is 18.1. The average Bonchev–Trinajstić information content (AvgIpc) is 2.83. The smallest absolute Gasteiger partial charge is 0.306 e. The molecule has 0 saturated heterocycles. The maximum absolute atomic E-state index is 11.5. The van der Waals surface area contributed by atoms with Crippen LogP contribution in [0, 0.1) is 60.7 Å². The average molecular weight is 531 g/mol. The van der Waals surface area contributed by atoms with Crippen LogP contribution >= 0.6 is 0 Å². The van der Waals surface area contributed by atoms with E-state index in [0.717, 1.165) is 12.1 Å². The molecule has 3 rings (SSSR count). The van der Waals surface area contributed by atoms with Crippen molar-refractivity contribution >= 4 is 57.1 Å². The molecule has 1 heterocycles. The van der Waals surface area contributed by atoms with E-state index in [4.69, 9.17) is 0 Å². The number of anilines is 4. The Balaban J connectivity index is 2.11. The van der Waals surface area contributed by atoms with E-state index in [1.807, 2.05) is 0 Å². The number of benzene rings is 2. The van der Waals surface area contributed by atoms with Gasteiger partial charge in [0.1, 0.15) is 11.6 Å². The van der Waals surface area contributed by atoms with E-state index in [1.165, 1.54) is 6.07 Å². The third-order valence-corrected chi connectivity index (χ3v) is 4.63. The highest BCUT2D eigenvalue weighted by atomic mass is 16.6. The van der Waals surface area contributed by atoms with E-state index >= 15 is 0 Å². The zero-order valence-corrected chi connectivity index (χ0v) is 18.1. The number of non-ortho nitro benzene ring substituents is 2. The van der Waals surface area contributed by atoms with Crippen LogP contribution in [0.5, 0.6) is 0 Å². The van der Waals surface area contributed by atoms with Gasteiger partial charge in [-0.1, -0.05) is 6.07 Å². The molecule has 0 aliphatic heterocycles. The summed E-state index contributed by atoms with van der Waals surface area (Å²) < 4.78 is 0. The van der Waals surface area contributed by atoms with Gasteiger partial charge in [0.15, 0.2) is 11.4 Å². The van der Waals surface area contributed by atoms with Crippen molar-refractivity contribution in [1.29, 1.82) is 0 Å². The molecule has 0 amide bonds. The van der Waals surface area contributed by atoms with Crippen molar-refractivity contribution in [2.24, 2.45) is 0 Å². The van der Waals surface area contributed by atoms with E-state index in [9.17, 15) is 60.7 Å². The first kappa shape index (κ1) is 26.2. The highest BCUT2D eigenvalue weighted by Crippen LogP contribution is 2.41. The first-order valence-electron chi connectivity index (χ1n) is 9.53. The molecule has 0 radical (unpaired) electrons. The molecule has 21 heteroatoms. The molecule has 0 saturated carbocycles. The molecule has 0 atom stereocenters. The van der Waals surface area contributed by atoms with Gasteiger partial charge in [0.25, 0.3) is 11.4 Å². The quantitative estimate of drug-likeness (QED) is 0.275. The van der Waals surface area contributed by atoms with Gasteiger partial charge < -0.3 is 10.6 Å². The Morgan fingerprint density at radius 3 is 1.03 bits per heavy atom. The normalized spacial score (nSPS) is 10.3. The van der Waals surface area contributed by atoms with Crippen molar-refractivity contribution in [3.63, 3.8) is 0 Å². The molecule has 0 aliphatic rings. The number of rotatable bonds is 10. The lowest BCUT2D eigenvalue weighted by molar-refractivity contribution is -0.402. The predicted molar refractivity (Wildman–Crippen MR) is 124 cm³/mol. The third kappa shape index (κ3) is 5.29. The fraction of sp³-hybridized carbons (Fsp3) is 0. The Labute approximate surface area is 206 Å². The summed E-state index contributed by atoms with van der Waals surface area (Å²) in [7, 11) is 0. The van der Waals surface area contributed by atoms with Gasteiger partial charge in [-0.05, 0) is 12.1 Å². The Hall–Kier alpha value is -6.41. The van der Waals surface area contributed by atoms with Gasteiger partial charge in [0.2, 0.25) is 0 Å². The largest absolute Gasteiger partial charge is 0.329 e. The van der Waals surface area contributed by atoms with E-state index in [0.29, 0.717) is 24.3 Å². The number of pyridine rings is 1. The fourth-order valence-corrected chi connectivity index (χ4v) is 3.07. The van der Waals surface area contributed by atoms with E-state index in [-0.39, 0.29) is 11.6 Å². The van der Waals surface area contributed by atoms with Gasteiger partial charge >= 0.3 is 22.7 Å². The van der Waals surface area contributed by atoms with Crippen LogP contribution in [0.3, 0.4) is 0 Å². The molecule has 3 aromatic rings. The highest BCUT2D eigenvalue weighted by Gasteiger charge is 2.32. The van der Waals surface area contributed by atoms with E-state index in [2.05, 4.69) is 15.6 Å². The van der Waals surface area contributed by atoms with Crippen molar-refractivity contribution in [2.75, 3.05) is 10.6 Å². The Kier molecular flexibility index (Phi) is 6.94. The summed E-state index contributed by atoms with van der Waals surface area (Å²) in [5, 5.41) is 72.5. The first-order chi connectivity index (χ1) is 17.8. The van der Waals surface area contributed by atoms with Gasteiger partial charge in [0, 0.05) is 0 Å². The summed E-state index contributed by atoms with van der Waals surface area (Å²) in [6, 6.07) is 5.37. The Morgan fingerprint density at radius 2 is 0.789 bits per heavy atom. The standard InChI is InChI=1S/C17H9N9O12/c27-21(28)8-4-10(23(31)32)16(11(5-8)24(33)34)19-14-2-1-3-15(18-14)20-17-12(25(35)36)6-9(22(29)30)7-13(17)26(37)38/h1-7H,(H2,18,19,20). The maximum Gasteiger partial charge on any atom is 0.306 e. The number of nitro groups is 6. The van der Waals surface area contributed by atoms with E-state index in [1.54, 1.807) is 0 Å². The molecule has 0 aliphatic carbocycles. The molecule has 21 nitrogen and oxygen atoms in total. The third-order valence-electron chi connectivity index (χ3n) is 4.63. The number of nitrogens with zero attached hydrogens (tertiary/aromatic N) is 7. The second-order valence-corrected chi connectivity index (χ2v) is 6.92. The SMILES string of the molecule is O=[N+]([O-])c1cc([N+](=O)[O-])c(Nc2cccc(Nc3c([N+](=O)[O-])cc([N+](=O)[O-])cc3[N+](=O)[O-])n2)c([N+](=O)[O-])c1. The lowest BCUT2D eigenvalue weighted by Gasteiger charge is -2.10. The summed E-state index contributed by atoms with van der Waals surface area (Å²) in [6.07, 6.45) is 0. The van der Waals surface area contributed by atoms with Gasteiger partial charge in [-0.25, -0.2) is 4.98 Å². The van der Waals surface area contributed by atoms with Crippen LogP contribution in [0.2, 0.25) is 0 Å². The van der Waals surface area contributed by atoms with Crippen molar-refractivity contribution in [3.8, 4) is 0 Å². The second-order valence-electron chi connectivity index (χ2n) is 6.92. The van der Waals surface area contributed by atoms with Crippen molar-refractivity contribution in [1.82, 2.24) is 4.98 Å². The van der Waals surface area contributed by atoms with Gasteiger partial charge in [-0.2, -0.15) is 0 Å². The number of aromatic nitrogens is 1. The molecule has 2 N–H and O–H groups in total. The Bertz CT molecular complexity index is 1380. The monoisotopic (exact) mass is 531 g/mol. The molecule has 194 valence electrons. The van der Waals surface area contributed by atoms with Crippen LogP contribution in [0.25, 0.3) is 0 Å². The van der Waals surface area contributed by atoms with Crippen LogP contribution in [-0.2, 0) is 0 Å². The lowest BCUT2D eigenvalue weighted by atomic mass is 10.2. The summed E-state index contributed by atoms with van der Waals surface area (Å²) in [5.74, 6) is -0.718. The number of hydrogen-bond acceptors (Lipinski definition) is 15. The molecular weight excluding hydrogens is 522 g/mol. The summed E-state index contributed by atoms with van der Waals surface area (Å²) in [5.41, 5.74) is -7.64. The van der Waals surface area contributed by atoms with Crippen LogP contribution in [0.15, 0.2) is 42.5 Å². The molecule has 0 fully saturated rings. The van der Waals surface area contributed by atoms with Crippen LogP contribution < -0.4 is 10.6 Å². The zero-order chi connectivity index (χ0) is 28.3. The van der Waals surface area contributed by atoms with Crippen LogP contribution in [0.1, 0.15) is 0 Å².